The van der Waals surface area contributed by atoms with E-state index in [1.54, 1.807) is 0 Å². The highest BCUT2D eigenvalue weighted by molar-refractivity contribution is 4.97. The van der Waals surface area contributed by atoms with E-state index in [4.69, 9.17) is 4.74 Å². The van der Waals surface area contributed by atoms with Crippen molar-refractivity contribution in [2.75, 3.05) is 39.4 Å². The Morgan fingerprint density at radius 3 is 2.69 bits per heavy atom. The lowest BCUT2D eigenvalue weighted by Crippen LogP contribution is -2.61. The van der Waals surface area contributed by atoms with Crippen molar-refractivity contribution in [3.63, 3.8) is 0 Å². The van der Waals surface area contributed by atoms with Gasteiger partial charge in [0.2, 0.25) is 0 Å². The predicted molar refractivity (Wildman–Crippen MR) is 64.6 cm³/mol. The third-order valence-corrected chi connectivity index (χ3v) is 4.51. The van der Waals surface area contributed by atoms with Crippen LogP contribution in [0.2, 0.25) is 0 Å². The van der Waals surface area contributed by atoms with Crippen molar-refractivity contribution in [3.8, 4) is 0 Å². The molecule has 0 bridgehead atoms. The first-order valence-corrected chi connectivity index (χ1v) is 6.90. The number of morpholine rings is 1. The van der Waals surface area contributed by atoms with Crippen LogP contribution < -0.4 is 5.32 Å². The molecule has 2 aliphatic heterocycles. The van der Waals surface area contributed by atoms with E-state index < -0.39 is 0 Å². The van der Waals surface area contributed by atoms with Crippen molar-refractivity contribution in [1.29, 1.82) is 0 Å². The molecule has 92 valence electrons. The van der Waals surface area contributed by atoms with Gasteiger partial charge in [-0.25, -0.2) is 0 Å². The maximum absolute atomic E-state index is 5.50. The first-order chi connectivity index (χ1) is 7.86. The molecule has 0 radical (unpaired) electrons. The minimum atomic E-state index is 0.578. The minimum Gasteiger partial charge on any atom is -0.378 e. The summed E-state index contributed by atoms with van der Waals surface area (Å²) in [4.78, 5) is 2.62. The van der Waals surface area contributed by atoms with Crippen LogP contribution >= 0.6 is 0 Å². The first kappa shape index (κ1) is 11.0. The van der Waals surface area contributed by atoms with Crippen molar-refractivity contribution in [2.45, 2.75) is 38.1 Å². The monoisotopic (exact) mass is 224 g/mol. The molecule has 2 saturated heterocycles. The van der Waals surface area contributed by atoms with E-state index in [0.29, 0.717) is 6.04 Å². The van der Waals surface area contributed by atoms with Crippen molar-refractivity contribution >= 4 is 0 Å². The van der Waals surface area contributed by atoms with E-state index in [1.807, 2.05) is 0 Å². The number of hydrogen-bond donors (Lipinski definition) is 1. The third kappa shape index (κ3) is 2.27. The van der Waals surface area contributed by atoms with E-state index in [1.165, 1.54) is 51.7 Å². The molecule has 3 heteroatoms. The number of hydrogen-bond acceptors (Lipinski definition) is 3. The molecule has 1 aliphatic carbocycles. The van der Waals surface area contributed by atoms with Crippen LogP contribution in [0, 0.1) is 5.41 Å². The van der Waals surface area contributed by atoms with Crippen LogP contribution in [-0.4, -0.2) is 50.3 Å². The topological polar surface area (TPSA) is 24.5 Å². The Morgan fingerprint density at radius 2 is 2.00 bits per heavy atom. The second kappa shape index (κ2) is 4.63. The average molecular weight is 224 g/mol. The number of ether oxygens (including phenoxy) is 1. The van der Waals surface area contributed by atoms with Crippen LogP contribution in [0.25, 0.3) is 0 Å². The Bertz CT molecular complexity index is 221. The summed E-state index contributed by atoms with van der Waals surface area (Å²) in [6.45, 7) is 6.73. The molecule has 1 saturated carbocycles. The predicted octanol–water partition coefficient (Wildman–Crippen LogP) is 1.24. The fraction of sp³-hybridized carbons (Fsp3) is 1.00. The van der Waals surface area contributed by atoms with Gasteiger partial charge in [-0.1, -0.05) is 19.3 Å². The Morgan fingerprint density at radius 1 is 1.19 bits per heavy atom. The average Bonchev–Trinajstić information content (AvgIpc) is 2.30. The molecule has 3 fully saturated rings. The number of rotatable bonds is 2. The van der Waals surface area contributed by atoms with Gasteiger partial charge >= 0.3 is 0 Å². The van der Waals surface area contributed by atoms with Gasteiger partial charge in [-0.3, -0.25) is 0 Å². The van der Waals surface area contributed by atoms with Gasteiger partial charge in [-0.15, -0.1) is 0 Å². The molecule has 1 N–H and O–H groups in total. The standard InChI is InChI=1S/C13H24N2O/c1-2-4-13(5-3-1)10-15(11-13)8-12-9-16-7-6-14-12/h12,14H,1-11H2. The van der Waals surface area contributed by atoms with Gasteiger partial charge in [0, 0.05) is 32.2 Å². The highest BCUT2D eigenvalue weighted by Gasteiger charge is 2.43. The normalized spacial score (nSPS) is 34.9. The van der Waals surface area contributed by atoms with Crippen LogP contribution in [0.4, 0.5) is 0 Å². The molecular weight excluding hydrogens is 200 g/mol. The van der Waals surface area contributed by atoms with Crippen molar-refractivity contribution < 1.29 is 4.74 Å². The van der Waals surface area contributed by atoms with Crippen molar-refractivity contribution in [1.82, 2.24) is 10.2 Å². The molecular formula is C13H24N2O. The molecule has 0 aromatic rings. The van der Waals surface area contributed by atoms with Gasteiger partial charge in [0.1, 0.15) is 0 Å². The molecule has 2 heterocycles. The SMILES string of the molecule is C1CCC2(CC1)CN(CC1COCCN1)C2. The summed E-state index contributed by atoms with van der Waals surface area (Å²) >= 11 is 0. The lowest BCUT2D eigenvalue weighted by Gasteiger charge is -2.53. The van der Waals surface area contributed by atoms with Crippen LogP contribution in [0.1, 0.15) is 32.1 Å². The Kier molecular flexibility index (Phi) is 3.18. The van der Waals surface area contributed by atoms with E-state index in [9.17, 15) is 0 Å². The molecule has 3 aliphatic rings. The zero-order valence-electron chi connectivity index (χ0n) is 10.2. The van der Waals surface area contributed by atoms with Gasteiger partial charge in [0.25, 0.3) is 0 Å². The largest absolute Gasteiger partial charge is 0.378 e. The Hall–Kier alpha value is -0.120. The van der Waals surface area contributed by atoms with Crippen molar-refractivity contribution in [2.24, 2.45) is 5.41 Å². The molecule has 3 nitrogen and oxygen atoms in total. The molecule has 16 heavy (non-hydrogen) atoms. The molecule has 1 unspecified atom stereocenters. The van der Waals surface area contributed by atoms with Gasteiger partial charge in [-0.2, -0.15) is 0 Å². The third-order valence-electron chi connectivity index (χ3n) is 4.51. The fourth-order valence-electron chi connectivity index (χ4n) is 3.70. The summed E-state index contributed by atoms with van der Waals surface area (Å²) in [5, 5.41) is 3.54. The minimum absolute atomic E-state index is 0.578. The van der Waals surface area contributed by atoms with E-state index in [-0.39, 0.29) is 0 Å². The maximum Gasteiger partial charge on any atom is 0.0632 e. The molecule has 3 rings (SSSR count). The number of nitrogens with zero attached hydrogens (tertiary/aromatic N) is 1. The highest BCUT2D eigenvalue weighted by atomic mass is 16.5. The van der Waals surface area contributed by atoms with Gasteiger partial charge in [0.15, 0.2) is 0 Å². The lowest BCUT2D eigenvalue weighted by atomic mass is 9.68. The summed E-state index contributed by atoms with van der Waals surface area (Å²) in [5.74, 6) is 0. The molecule has 0 aromatic carbocycles. The molecule has 1 atom stereocenters. The van der Waals surface area contributed by atoms with Gasteiger partial charge < -0.3 is 15.0 Å². The van der Waals surface area contributed by atoms with E-state index in [2.05, 4.69) is 10.2 Å². The summed E-state index contributed by atoms with van der Waals surface area (Å²) in [6.07, 6.45) is 7.38. The van der Waals surface area contributed by atoms with Crippen molar-refractivity contribution in [3.05, 3.63) is 0 Å². The Balaban J connectivity index is 1.42. The first-order valence-electron chi connectivity index (χ1n) is 6.90. The zero-order valence-corrected chi connectivity index (χ0v) is 10.2. The summed E-state index contributed by atoms with van der Waals surface area (Å²) in [5.41, 5.74) is 0.730. The van der Waals surface area contributed by atoms with Crippen LogP contribution in [-0.2, 0) is 4.74 Å². The van der Waals surface area contributed by atoms with Crippen LogP contribution in [0.3, 0.4) is 0 Å². The molecule has 0 amide bonds. The fourth-order valence-corrected chi connectivity index (χ4v) is 3.70. The summed E-state index contributed by atoms with van der Waals surface area (Å²) in [6, 6.07) is 0.578. The van der Waals surface area contributed by atoms with E-state index in [0.717, 1.165) is 25.2 Å². The van der Waals surface area contributed by atoms with Gasteiger partial charge in [-0.05, 0) is 18.3 Å². The van der Waals surface area contributed by atoms with Crippen LogP contribution in [0.15, 0.2) is 0 Å². The van der Waals surface area contributed by atoms with Crippen LogP contribution in [0.5, 0.6) is 0 Å². The molecule has 1 spiro atoms. The summed E-state index contributed by atoms with van der Waals surface area (Å²) in [7, 11) is 0. The number of nitrogens with one attached hydrogen (secondary N) is 1. The second-order valence-corrected chi connectivity index (χ2v) is 5.96. The van der Waals surface area contributed by atoms with E-state index >= 15 is 0 Å². The summed E-state index contributed by atoms with van der Waals surface area (Å²) < 4.78 is 5.50. The maximum atomic E-state index is 5.50. The number of likely N-dealkylation sites (tertiary alicyclic amines) is 1. The second-order valence-electron chi connectivity index (χ2n) is 5.96. The quantitative estimate of drug-likeness (QED) is 0.764. The smallest absolute Gasteiger partial charge is 0.0632 e. The Labute approximate surface area is 98.5 Å². The lowest BCUT2D eigenvalue weighted by molar-refractivity contribution is -0.0434. The highest BCUT2D eigenvalue weighted by Crippen LogP contribution is 2.43. The molecule has 0 aromatic heterocycles. The zero-order chi connectivity index (χ0) is 10.8. The van der Waals surface area contributed by atoms with Gasteiger partial charge in [0.05, 0.1) is 13.2 Å².